The topological polar surface area (TPSA) is 59.4 Å². The number of furan rings is 1. The molecule has 1 N–H and O–H groups in total. The van der Waals surface area contributed by atoms with Gasteiger partial charge in [0.2, 0.25) is 0 Å². The second-order valence-corrected chi connectivity index (χ2v) is 7.79. The van der Waals surface area contributed by atoms with Gasteiger partial charge < -0.3 is 14.1 Å². The van der Waals surface area contributed by atoms with E-state index in [9.17, 15) is 5.11 Å². The molecule has 0 aliphatic rings. The molecule has 0 bridgehead atoms. The molecule has 0 aliphatic carbocycles. The summed E-state index contributed by atoms with van der Waals surface area (Å²) in [6, 6.07) is 14.3. The Kier molecular flexibility index (Phi) is 5.56. The first-order valence-electron chi connectivity index (χ1n) is 9.96. The monoisotopic (exact) mass is 392 g/mol. The maximum absolute atomic E-state index is 10.8. The standard InChI is InChI=1S/C23H28N4O2/c1-17-11-18(2)27(24-17)15-20(28)14-26(16-21-7-6-10-29-21)13-19-12-25(3)23-9-5-4-8-22(19)23/h4-12,20,28H,13-16H2,1-3H3/t20-/m0/s1. The Balaban J connectivity index is 1.53. The minimum absolute atomic E-state index is 0.476. The van der Waals surface area contributed by atoms with Crippen molar-refractivity contribution in [2.24, 2.45) is 7.05 Å². The molecule has 1 aromatic carbocycles. The largest absolute Gasteiger partial charge is 0.468 e. The Labute approximate surface area is 171 Å². The Morgan fingerprint density at radius 3 is 2.69 bits per heavy atom. The fraction of sp³-hybridized carbons (Fsp3) is 0.348. The van der Waals surface area contributed by atoms with Gasteiger partial charge in [0.25, 0.3) is 0 Å². The van der Waals surface area contributed by atoms with Gasteiger partial charge in [-0.05, 0) is 43.7 Å². The predicted octanol–water partition coefficient (Wildman–Crippen LogP) is 3.65. The van der Waals surface area contributed by atoms with E-state index in [-0.39, 0.29) is 0 Å². The number of nitrogens with zero attached hydrogens (tertiary/aromatic N) is 4. The summed E-state index contributed by atoms with van der Waals surface area (Å²) < 4.78 is 9.60. The van der Waals surface area contributed by atoms with Crippen molar-refractivity contribution in [1.82, 2.24) is 19.2 Å². The van der Waals surface area contributed by atoms with Gasteiger partial charge in [-0.2, -0.15) is 5.10 Å². The van der Waals surface area contributed by atoms with Gasteiger partial charge in [0.15, 0.2) is 0 Å². The van der Waals surface area contributed by atoms with E-state index in [0.29, 0.717) is 19.6 Å². The van der Waals surface area contributed by atoms with Crippen LogP contribution in [0.1, 0.15) is 22.7 Å². The van der Waals surface area contributed by atoms with Crippen molar-refractivity contribution in [2.45, 2.75) is 39.6 Å². The molecule has 0 saturated carbocycles. The van der Waals surface area contributed by atoms with E-state index < -0.39 is 6.10 Å². The van der Waals surface area contributed by atoms with Crippen molar-refractivity contribution in [2.75, 3.05) is 6.54 Å². The summed E-state index contributed by atoms with van der Waals surface area (Å²) in [4.78, 5) is 2.23. The van der Waals surface area contributed by atoms with Crippen LogP contribution < -0.4 is 0 Å². The van der Waals surface area contributed by atoms with E-state index in [0.717, 1.165) is 23.7 Å². The molecular formula is C23H28N4O2. The SMILES string of the molecule is Cc1cc(C)n(C[C@@H](O)CN(Cc2ccco2)Cc2cn(C)c3ccccc23)n1. The summed E-state index contributed by atoms with van der Waals surface area (Å²) in [5.74, 6) is 0.892. The first kappa shape index (κ1) is 19.5. The highest BCUT2D eigenvalue weighted by Crippen LogP contribution is 2.23. The van der Waals surface area contributed by atoms with Crippen LogP contribution in [0.15, 0.2) is 59.3 Å². The molecule has 3 heterocycles. The average molecular weight is 393 g/mol. The normalized spacial score (nSPS) is 12.9. The van der Waals surface area contributed by atoms with Crippen LogP contribution in [0.5, 0.6) is 0 Å². The van der Waals surface area contributed by atoms with E-state index in [2.05, 4.69) is 52.1 Å². The number of hydrogen-bond acceptors (Lipinski definition) is 4. The molecule has 0 amide bonds. The number of rotatable bonds is 8. The number of aryl methyl sites for hydroxylation is 3. The van der Waals surface area contributed by atoms with Crippen LogP contribution in [-0.4, -0.2) is 37.0 Å². The van der Waals surface area contributed by atoms with E-state index in [1.54, 1.807) is 6.26 Å². The zero-order valence-corrected chi connectivity index (χ0v) is 17.2. The molecule has 1 atom stereocenters. The number of hydrogen-bond donors (Lipinski definition) is 1. The molecule has 0 saturated heterocycles. The van der Waals surface area contributed by atoms with Crippen LogP contribution in [-0.2, 0) is 26.7 Å². The van der Waals surface area contributed by atoms with Gasteiger partial charge in [0, 0.05) is 42.9 Å². The lowest BCUT2D eigenvalue weighted by molar-refractivity contribution is 0.0841. The maximum atomic E-state index is 10.8. The highest BCUT2D eigenvalue weighted by Gasteiger charge is 2.18. The fourth-order valence-electron chi connectivity index (χ4n) is 4.02. The molecule has 4 aromatic rings. The average Bonchev–Trinajstić information content (AvgIpc) is 3.37. The number of para-hydroxylation sites is 1. The van der Waals surface area contributed by atoms with Gasteiger partial charge in [-0.3, -0.25) is 9.58 Å². The van der Waals surface area contributed by atoms with Gasteiger partial charge >= 0.3 is 0 Å². The number of aliphatic hydroxyl groups excluding tert-OH is 1. The summed E-state index contributed by atoms with van der Waals surface area (Å²) in [6.45, 7) is 6.37. The second-order valence-electron chi connectivity index (χ2n) is 7.79. The molecule has 0 unspecified atom stereocenters. The molecule has 0 spiro atoms. The number of fused-ring (bicyclic) bond motifs is 1. The molecule has 29 heavy (non-hydrogen) atoms. The Hall–Kier alpha value is -2.83. The minimum atomic E-state index is -0.530. The van der Waals surface area contributed by atoms with E-state index in [1.807, 2.05) is 36.7 Å². The number of aromatic nitrogens is 3. The quantitative estimate of drug-likeness (QED) is 0.497. The summed E-state index contributed by atoms with van der Waals surface area (Å²) in [5.41, 5.74) is 4.49. The molecule has 6 heteroatoms. The third-order valence-corrected chi connectivity index (χ3v) is 5.29. The van der Waals surface area contributed by atoms with Gasteiger partial charge in [0.1, 0.15) is 5.76 Å². The molecule has 0 radical (unpaired) electrons. The van der Waals surface area contributed by atoms with Gasteiger partial charge in [-0.15, -0.1) is 0 Å². The van der Waals surface area contributed by atoms with Crippen LogP contribution in [0.3, 0.4) is 0 Å². The molecule has 6 nitrogen and oxygen atoms in total. The lowest BCUT2D eigenvalue weighted by Crippen LogP contribution is -2.34. The third-order valence-electron chi connectivity index (χ3n) is 5.29. The van der Waals surface area contributed by atoms with Crippen molar-refractivity contribution < 1.29 is 9.52 Å². The lowest BCUT2D eigenvalue weighted by atomic mass is 10.1. The maximum Gasteiger partial charge on any atom is 0.117 e. The van der Waals surface area contributed by atoms with Crippen molar-refractivity contribution >= 4 is 10.9 Å². The summed E-state index contributed by atoms with van der Waals surface area (Å²) in [6.07, 6.45) is 3.34. The number of benzene rings is 1. The van der Waals surface area contributed by atoms with Crippen LogP contribution in [0.4, 0.5) is 0 Å². The summed E-state index contributed by atoms with van der Waals surface area (Å²) >= 11 is 0. The zero-order valence-electron chi connectivity index (χ0n) is 17.2. The van der Waals surface area contributed by atoms with Crippen molar-refractivity contribution in [3.63, 3.8) is 0 Å². The van der Waals surface area contributed by atoms with Crippen molar-refractivity contribution in [3.05, 3.63) is 77.6 Å². The Bertz CT molecular complexity index is 1080. The molecule has 0 fully saturated rings. The third kappa shape index (κ3) is 4.44. The Morgan fingerprint density at radius 2 is 1.97 bits per heavy atom. The molecule has 152 valence electrons. The van der Waals surface area contributed by atoms with Crippen molar-refractivity contribution in [1.29, 1.82) is 0 Å². The van der Waals surface area contributed by atoms with Gasteiger partial charge in [-0.25, -0.2) is 0 Å². The fourth-order valence-corrected chi connectivity index (χ4v) is 4.02. The summed E-state index contributed by atoms with van der Waals surface area (Å²) in [7, 11) is 2.07. The van der Waals surface area contributed by atoms with Gasteiger partial charge in [-0.1, -0.05) is 18.2 Å². The van der Waals surface area contributed by atoms with E-state index >= 15 is 0 Å². The molecule has 3 aromatic heterocycles. The molecule has 0 aliphatic heterocycles. The van der Waals surface area contributed by atoms with E-state index in [4.69, 9.17) is 4.42 Å². The Morgan fingerprint density at radius 1 is 1.14 bits per heavy atom. The number of aliphatic hydroxyl groups is 1. The highest BCUT2D eigenvalue weighted by atomic mass is 16.3. The van der Waals surface area contributed by atoms with Gasteiger partial charge in [0.05, 0.1) is 31.2 Å². The predicted molar refractivity (Wildman–Crippen MR) is 113 cm³/mol. The minimum Gasteiger partial charge on any atom is -0.468 e. The molecule has 4 rings (SSSR count). The smallest absolute Gasteiger partial charge is 0.117 e. The van der Waals surface area contributed by atoms with Crippen LogP contribution in [0, 0.1) is 13.8 Å². The lowest BCUT2D eigenvalue weighted by Gasteiger charge is -2.24. The van der Waals surface area contributed by atoms with Crippen LogP contribution in [0.2, 0.25) is 0 Å². The van der Waals surface area contributed by atoms with E-state index in [1.165, 1.54) is 16.5 Å². The summed E-state index contributed by atoms with van der Waals surface area (Å²) in [5, 5.41) is 16.5. The molecular weight excluding hydrogens is 364 g/mol. The second kappa shape index (κ2) is 8.27. The van der Waals surface area contributed by atoms with Crippen LogP contribution >= 0.6 is 0 Å². The van der Waals surface area contributed by atoms with Crippen molar-refractivity contribution in [3.8, 4) is 0 Å². The zero-order chi connectivity index (χ0) is 20.4. The first-order valence-corrected chi connectivity index (χ1v) is 9.96. The first-order chi connectivity index (χ1) is 14.0. The van der Waals surface area contributed by atoms with Crippen LogP contribution in [0.25, 0.3) is 10.9 Å². The highest BCUT2D eigenvalue weighted by molar-refractivity contribution is 5.83.